The number of aliphatic hydroxyl groups is 2. The average molecular weight is 262 g/mol. The third kappa shape index (κ3) is 3.17. The van der Waals surface area contributed by atoms with E-state index in [2.05, 4.69) is 15.9 Å². The summed E-state index contributed by atoms with van der Waals surface area (Å²) < 4.78 is 5.99. The second-order valence-electron chi connectivity index (χ2n) is 2.84. The van der Waals surface area contributed by atoms with Gasteiger partial charge < -0.3 is 20.7 Å². The predicted octanol–water partition coefficient (Wildman–Crippen LogP) is 0.763. The first-order valence-corrected chi connectivity index (χ1v) is 4.89. The van der Waals surface area contributed by atoms with Crippen LogP contribution in [0.3, 0.4) is 0 Å². The van der Waals surface area contributed by atoms with Gasteiger partial charge in [-0.2, -0.15) is 0 Å². The van der Waals surface area contributed by atoms with E-state index in [9.17, 15) is 0 Å². The van der Waals surface area contributed by atoms with Crippen molar-refractivity contribution in [3.63, 3.8) is 0 Å². The highest BCUT2D eigenvalue weighted by Crippen LogP contribution is 2.26. The van der Waals surface area contributed by atoms with Crippen molar-refractivity contribution in [2.45, 2.75) is 6.10 Å². The zero-order valence-electron chi connectivity index (χ0n) is 7.48. The Morgan fingerprint density at radius 3 is 2.86 bits per heavy atom. The number of anilines is 1. The van der Waals surface area contributed by atoms with Crippen molar-refractivity contribution >= 4 is 21.6 Å². The summed E-state index contributed by atoms with van der Waals surface area (Å²) in [5, 5.41) is 17.6. The molecule has 14 heavy (non-hydrogen) atoms. The fraction of sp³-hybridized carbons (Fsp3) is 0.333. The molecule has 0 aliphatic carbocycles. The Morgan fingerprint density at radius 1 is 1.50 bits per heavy atom. The van der Waals surface area contributed by atoms with Gasteiger partial charge in [0.2, 0.25) is 0 Å². The van der Waals surface area contributed by atoms with Crippen LogP contribution >= 0.6 is 15.9 Å². The van der Waals surface area contributed by atoms with E-state index in [1.165, 1.54) is 0 Å². The molecule has 1 unspecified atom stereocenters. The number of nitrogens with two attached hydrogens (primary N) is 1. The third-order valence-electron chi connectivity index (χ3n) is 1.60. The van der Waals surface area contributed by atoms with Crippen LogP contribution in [0, 0.1) is 0 Å². The molecular formula is C9H12BrNO3. The maximum absolute atomic E-state index is 9.06. The van der Waals surface area contributed by atoms with Gasteiger partial charge in [0.05, 0.1) is 11.1 Å². The zero-order valence-corrected chi connectivity index (χ0v) is 9.07. The number of aliphatic hydroxyl groups excluding tert-OH is 2. The van der Waals surface area contributed by atoms with Crippen molar-refractivity contribution < 1.29 is 14.9 Å². The molecule has 0 amide bonds. The molecule has 1 atom stereocenters. The Kier molecular flexibility index (Phi) is 4.19. The molecule has 5 heteroatoms. The second kappa shape index (κ2) is 5.19. The van der Waals surface area contributed by atoms with E-state index in [1.54, 1.807) is 18.2 Å². The van der Waals surface area contributed by atoms with Crippen molar-refractivity contribution in [2.75, 3.05) is 18.9 Å². The molecule has 0 saturated carbocycles. The van der Waals surface area contributed by atoms with Gasteiger partial charge >= 0.3 is 0 Å². The third-order valence-corrected chi connectivity index (χ3v) is 2.25. The maximum atomic E-state index is 9.06. The van der Waals surface area contributed by atoms with Crippen LogP contribution in [-0.4, -0.2) is 29.5 Å². The molecule has 0 aliphatic rings. The van der Waals surface area contributed by atoms with E-state index in [0.717, 1.165) is 4.47 Å². The highest BCUT2D eigenvalue weighted by Gasteiger charge is 2.05. The number of halogens is 1. The molecule has 0 saturated heterocycles. The molecule has 0 radical (unpaired) electrons. The van der Waals surface area contributed by atoms with Gasteiger partial charge in [-0.25, -0.2) is 0 Å². The highest BCUT2D eigenvalue weighted by atomic mass is 79.9. The van der Waals surface area contributed by atoms with Crippen molar-refractivity contribution in [3.05, 3.63) is 22.7 Å². The highest BCUT2D eigenvalue weighted by molar-refractivity contribution is 9.10. The zero-order chi connectivity index (χ0) is 10.6. The number of hydrogen-bond donors (Lipinski definition) is 3. The lowest BCUT2D eigenvalue weighted by molar-refractivity contribution is 0.0534. The van der Waals surface area contributed by atoms with Crippen LogP contribution in [-0.2, 0) is 0 Å². The summed E-state index contributed by atoms with van der Waals surface area (Å²) >= 11 is 3.28. The minimum atomic E-state index is -0.872. The van der Waals surface area contributed by atoms with Crippen LogP contribution in [0.1, 0.15) is 0 Å². The summed E-state index contributed by atoms with van der Waals surface area (Å²) in [6.45, 7) is -0.279. The van der Waals surface area contributed by atoms with Crippen LogP contribution in [0.5, 0.6) is 5.75 Å². The Labute approximate surface area is 90.4 Å². The lowest BCUT2D eigenvalue weighted by atomic mass is 10.3. The van der Waals surface area contributed by atoms with Gasteiger partial charge in [0, 0.05) is 11.8 Å². The Bertz CT molecular complexity index is 306. The smallest absolute Gasteiger partial charge is 0.135 e. The average Bonchev–Trinajstić information content (AvgIpc) is 2.19. The number of ether oxygens (including phenoxy) is 1. The molecule has 4 N–H and O–H groups in total. The summed E-state index contributed by atoms with van der Waals surface area (Å²) in [5.41, 5.74) is 6.14. The van der Waals surface area contributed by atoms with Crippen molar-refractivity contribution in [1.82, 2.24) is 0 Å². The summed E-state index contributed by atoms with van der Waals surface area (Å²) in [6, 6.07) is 5.14. The summed E-state index contributed by atoms with van der Waals surface area (Å²) in [5.74, 6) is 0.553. The topological polar surface area (TPSA) is 75.7 Å². The van der Waals surface area contributed by atoms with Gasteiger partial charge in [-0.05, 0) is 28.1 Å². The molecule has 0 heterocycles. The first kappa shape index (κ1) is 11.3. The number of hydrogen-bond acceptors (Lipinski definition) is 4. The molecule has 1 rings (SSSR count). The van der Waals surface area contributed by atoms with E-state index < -0.39 is 6.10 Å². The minimum Gasteiger partial charge on any atom is -0.490 e. The fourth-order valence-electron chi connectivity index (χ4n) is 0.869. The molecule has 0 fully saturated rings. The van der Waals surface area contributed by atoms with Gasteiger partial charge in [-0.15, -0.1) is 0 Å². The van der Waals surface area contributed by atoms with E-state index >= 15 is 0 Å². The van der Waals surface area contributed by atoms with Crippen LogP contribution in [0.2, 0.25) is 0 Å². The predicted molar refractivity (Wildman–Crippen MR) is 57.1 cm³/mol. The van der Waals surface area contributed by atoms with E-state index in [4.69, 9.17) is 20.7 Å². The lowest BCUT2D eigenvalue weighted by Gasteiger charge is -2.11. The molecule has 4 nitrogen and oxygen atoms in total. The molecule has 0 aromatic heterocycles. The molecule has 0 bridgehead atoms. The largest absolute Gasteiger partial charge is 0.490 e. The maximum Gasteiger partial charge on any atom is 0.135 e. The second-order valence-corrected chi connectivity index (χ2v) is 3.69. The number of benzene rings is 1. The Hall–Kier alpha value is -0.780. The molecule has 0 aliphatic heterocycles. The number of rotatable bonds is 4. The first-order chi connectivity index (χ1) is 6.63. The summed E-state index contributed by atoms with van der Waals surface area (Å²) in [6.07, 6.45) is -0.872. The normalized spacial score (nSPS) is 12.5. The summed E-state index contributed by atoms with van der Waals surface area (Å²) in [7, 11) is 0. The van der Waals surface area contributed by atoms with Gasteiger partial charge in [-0.3, -0.25) is 0 Å². The van der Waals surface area contributed by atoms with Gasteiger partial charge in [0.25, 0.3) is 0 Å². The van der Waals surface area contributed by atoms with Crippen LogP contribution in [0.4, 0.5) is 5.69 Å². The SMILES string of the molecule is Nc1ccc(Br)c(OCC(O)CO)c1. The van der Waals surface area contributed by atoms with E-state index in [0.29, 0.717) is 11.4 Å². The molecular weight excluding hydrogens is 250 g/mol. The van der Waals surface area contributed by atoms with Gasteiger partial charge in [0.1, 0.15) is 18.5 Å². The first-order valence-electron chi connectivity index (χ1n) is 4.10. The van der Waals surface area contributed by atoms with Crippen molar-refractivity contribution in [3.8, 4) is 5.75 Å². The van der Waals surface area contributed by atoms with E-state index in [-0.39, 0.29) is 13.2 Å². The number of nitrogen functional groups attached to an aromatic ring is 1. The Morgan fingerprint density at radius 2 is 2.21 bits per heavy atom. The van der Waals surface area contributed by atoms with Gasteiger partial charge in [-0.1, -0.05) is 0 Å². The molecule has 0 spiro atoms. The molecule has 1 aromatic rings. The van der Waals surface area contributed by atoms with Crippen LogP contribution in [0.25, 0.3) is 0 Å². The standard InChI is InChI=1S/C9H12BrNO3/c10-8-2-1-6(11)3-9(8)14-5-7(13)4-12/h1-3,7,12-13H,4-5,11H2. The van der Waals surface area contributed by atoms with Crippen molar-refractivity contribution in [2.24, 2.45) is 0 Å². The van der Waals surface area contributed by atoms with E-state index in [1.807, 2.05) is 0 Å². The monoisotopic (exact) mass is 261 g/mol. The quantitative estimate of drug-likeness (QED) is 0.700. The molecule has 78 valence electrons. The van der Waals surface area contributed by atoms with Gasteiger partial charge in [0.15, 0.2) is 0 Å². The fourth-order valence-corrected chi connectivity index (χ4v) is 1.23. The van der Waals surface area contributed by atoms with Crippen molar-refractivity contribution in [1.29, 1.82) is 0 Å². The summed E-state index contributed by atoms with van der Waals surface area (Å²) in [4.78, 5) is 0. The van der Waals surface area contributed by atoms with Crippen LogP contribution in [0.15, 0.2) is 22.7 Å². The minimum absolute atomic E-state index is 0.0402. The molecule has 1 aromatic carbocycles. The Balaban J connectivity index is 2.62. The lowest BCUT2D eigenvalue weighted by Crippen LogP contribution is -2.21. The van der Waals surface area contributed by atoms with Crippen LogP contribution < -0.4 is 10.5 Å².